The van der Waals surface area contributed by atoms with Crippen LogP contribution in [0.25, 0.3) is 11.4 Å². The monoisotopic (exact) mass is 408 g/mol. The summed E-state index contributed by atoms with van der Waals surface area (Å²) in [6, 6.07) is 1.90. The van der Waals surface area contributed by atoms with Gasteiger partial charge in [0.1, 0.15) is 5.60 Å². The maximum atomic E-state index is 12.1. The van der Waals surface area contributed by atoms with Gasteiger partial charge in [0.15, 0.2) is 0 Å². The Labute approximate surface area is 154 Å². The largest absolute Gasteiger partial charge is 0.444 e. The van der Waals surface area contributed by atoms with E-state index in [0.717, 1.165) is 22.9 Å². The predicted molar refractivity (Wildman–Crippen MR) is 95.0 cm³/mol. The van der Waals surface area contributed by atoms with E-state index in [1.54, 1.807) is 17.3 Å². The number of carbonyl (C=O) groups excluding carboxylic acids is 1. The molecule has 0 aliphatic carbocycles. The summed E-state index contributed by atoms with van der Waals surface area (Å²) in [5.41, 5.74) is 0.323. The van der Waals surface area contributed by atoms with Crippen molar-refractivity contribution < 1.29 is 14.1 Å². The third-order valence-corrected chi connectivity index (χ3v) is 4.33. The number of hydrogen-bond donors (Lipinski definition) is 0. The Hall–Kier alpha value is -1.96. The Kier molecular flexibility index (Phi) is 5.08. The van der Waals surface area contributed by atoms with Crippen molar-refractivity contribution in [1.82, 2.24) is 20.0 Å². The van der Waals surface area contributed by atoms with Crippen molar-refractivity contribution in [2.24, 2.45) is 0 Å². The van der Waals surface area contributed by atoms with E-state index < -0.39 is 5.60 Å². The minimum atomic E-state index is -0.479. The molecule has 0 unspecified atom stereocenters. The van der Waals surface area contributed by atoms with Crippen LogP contribution in [0, 0.1) is 0 Å². The molecule has 1 amide bonds. The lowest BCUT2D eigenvalue weighted by Crippen LogP contribution is -2.41. The lowest BCUT2D eigenvalue weighted by atomic mass is 9.97. The molecule has 1 saturated heterocycles. The second kappa shape index (κ2) is 7.11. The van der Waals surface area contributed by atoms with Gasteiger partial charge >= 0.3 is 6.09 Å². The number of hydrogen-bond acceptors (Lipinski definition) is 6. The van der Waals surface area contributed by atoms with Crippen molar-refractivity contribution in [2.75, 3.05) is 13.1 Å². The number of rotatable bonds is 2. The number of amides is 1. The third kappa shape index (κ3) is 4.56. The number of nitrogens with zero attached hydrogens (tertiary/aromatic N) is 4. The second-order valence-corrected chi connectivity index (χ2v) is 8.01. The van der Waals surface area contributed by atoms with Crippen molar-refractivity contribution >= 4 is 22.0 Å². The van der Waals surface area contributed by atoms with Crippen LogP contribution in [0.15, 0.2) is 27.5 Å². The van der Waals surface area contributed by atoms with E-state index in [0.29, 0.717) is 24.8 Å². The van der Waals surface area contributed by atoms with Crippen LogP contribution >= 0.6 is 15.9 Å². The molecule has 0 N–H and O–H groups in total. The van der Waals surface area contributed by atoms with Gasteiger partial charge in [-0.2, -0.15) is 4.98 Å². The van der Waals surface area contributed by atoms with E-state index in [-0.39, 0.29) is 12.0 Å². The molecule has 25 heavy (non-hydrogen) atoms. The Morgan fingerprint density at radius 2 is 2.04 bits per heavy atom. The fourth-order valence-corrected chi connectivity index (χ4v) is 3.05. The van der Waals surface area contributed by atoms with Crippen LogP contribution in [0.5, 0.6) is 0 Å². The summed E-state index contributed by atoms with van der Waals surface area (Å²) >= 11 is 3.39. The molecule has 0 bridgehead atoms. The average molecular weight is 409 g/mol. The van der Waals surface area contributed by atoms with E-state index in [4.69, 9.17) is 9.26 Å². The Bertz CT molecular complexity index is 748. The maximum Gasteiger partial charge on any atom is 0.410 e. The summed E-state index contributed by atoms with van der Waals surface area (Å²) in [4.78, 5) is 22.5. The van der Waals surface area contributed by atoms with Gasteiger partial charge in [0.25, 0.3) is 0 Å². The lowest BCUT2D eigenvalue weighted by molar-refractivity contribution is 0.0198. The average Bonchev–Trinajstić information content (AvgIpc) is 3.03. The molecule has 0 radical (unpaired) electrons. The van der Waals surface area contributed by atoms with Gasteiger partial charge in [-0.1, -0.05) is 5.16 Å². The SMILES string of the molecule is CC(C)(C)OC(=O)N1CCC(c2nc(-c3cncc(Br)c3)no2)CC1. The zero-order valence-electron chi connectivity index (χ0n) is 14.5. The first-order valence-electron chi connectivity index (χ1n) is 8.24. The Balaban J connectivity index is 1.61. The van der Waals surface area contributed by atoms with Crippen LogP contribution in [0.4, 0.5) is 4.79 Å². The van der Waals surface area contributed by atoms with E-state index in [1.807, 2.05) is 26.8 Å². The Morgan fingerprint density at radius 3 is 2.68 bits per heavy atom. The number of aromatic nitrogens is 3. The minimum absolute atomic E-state index is 0.153. The lowest BCUT2D eigenvalue weighted by Gasteiger charge is -2.32. The zero-order chi connectivity index (χ0) is 18.0. The maximum absolute atomic E-state index is 12.1. The van der Waals surface area contributed by atoms with Crippen molar-refractivity contribution in [2.45, 2.75) is 45.1 Å². The van der Waals surface area contributed by atoms with Crippen molar-refractivity contribution in [3.63, 3.8) is 0 Å². The van der Waals surface area contributed by atoms with Gasteiger partial charge in [0.05, 0.1) is 0 Å². The van der Waals surface area contributed by atoms with E-state index in [9.17, 15) is 4.79 Å². The topological polar surface area (TPSA) is 81.4 Å². The molecule has 1 aliphatic rings. The van der Waals surface area contributed by atoms with Gasteiger partial charge in [-0.05, 0) is 55.6 Å². The molecule has 0 spiro atoms. The van der Waals surface area contributed by atoms with E-state index in [1.165, 1.54) is 0 Å². The van der Waals surface area contributed by atoms with Crippen LogP contribution in [-0.2, 0) is 4.74 Å². The third-order valence-electron chi connectivity index (χ3n) is 3.90. The molecule has 7 nitrogen and oxygen atoms in total. The number of halogens is 1. The molecular formula is C17H21BrN4O3. The van der Waals surface area contributed by atoms with Crippen LogP contribution in [0.3, 0.4) is 0 Å². The van der Waals surface area contributed by atoms with Crippen LogP contribution < -0.4 is 0 Å². The highest BCUT2D eigenvalue weighted by molar-refractivity contribution is 9.10. The van der Waals surface area contributed by atoms with Crippen LogP contribution in [-0.4, -0.2) is 44.8 Å². The highest BCUT2D eigenvalue weighted by atomic mass is 79.9. The summed E-state index contributed by atoms with van der Waals surface area (Å²) in [6.07, 6.45) is 4.69. The Morgan fingerprint density at radius 1 is 1.32 bits per heavy atom. The smallest absolute Gasteiger partial charge is 0.410 e. The van der Waals surface area contributed by atoms with Gasteiger partial charge in [0, 0.05) is 41.4 Å². The normalized spacial score (nSPS) is 16.1. The first-order chi connectivity index (χ1) is 11.8. The molecule has 0 saturated carbocycles. The van der Waals surface area contributed by atoms with E-state index in [2.05, 4.69) is 31.1 Å². The summed E-state index contributed by atoms with van der Waals surface area (Å²) < 4.78 is 11.7. The van der Waals surface area contributed by atoms with Gasteiger partial charge in [-0.15, -0.1) is 0 Å². The molecule has 134 valence electrons. The molecule has 3 heterocycles. The molecule has 1 fully saturated rings. The predicted octanol–water partition coefficient (Wildman–Crippen LogP) is 4.01. The fraction of sp³-hybridized carbons (Fsp3) is 0.529. The first kappa shape index (κ1) is 17.8. The summed E-state index contributed by atoms with van der Waals surface area (Å²) in [5, 5.41) is 4.05. The van der Waals surface area contributed by atoms with Gasteiger partial charge in [-0.3, -0.25) is 4.98 Å². The molecule has 2 aromatic rings. The van der Waals surface area contributed by atoms with Gasteiger partial charge < -0.3 is 14.2 Å². The second-order valence-electron chi connectivity index (χ2n) is 7.09. The number of pyridine rings is 1. The number of likely N-dealkylation sites (tertiary alicyclic amines) is 1. The molecule has 8 heteroatoms. The molecular weight excluding hydrogens is 388 g/mol. The quantitative estimate of drug-likeness (QED) is 0.746. The minimum Gasteiger partial charge on any atom is -0.444 e. The standard InChI is InChI=1S/C17H21BrN4O3/c1-17(2,3)24-16(23)22-6-4-11(5-7-22)15-20-14(21-25-15)12-8-13(18)10-19-9-12/h8-11H,4-7H2,1-3H3. The van der Waals surface area contributed by atoms with Crippen molar-refractivity contribution in [1.29, 1.82) is 0 Å². The molecule has 2 aromatic heterocycles. The number of piperidine rings is 1. The molecule has 0 atom stereocenters. The zero-order valence-corrected chi connectivity index (χ0v) is 16.1. The summed E-state index contributed by atoms with van der Waals surface area (Å²) in [7, 11) is 0. The highest BCUT2D eigenvalue weighted by Gasteiger charge is 2.30. The molecule has 0 aromatic carbocycles. The van der Waals surface area contributed by atoms with Gasteiger partial charge in [0.2, 0.25) is 11.7 Å². The van der Waals surface area contributed by atoms with Crippen LogP contribution in [0.2, 0.25) is 0 Å². The van der Waals surface area contributed by atoms with E-state index >= 15 is 0 Å². The van der Waals surface area contributed by atoms with Crippen molar-refractivity contribution in [3.8, 4) is 11.4 Å². The number of carbonyl (C=O) groups is 1. The summed E-state index contributed by atoms with van der Waals surface area (Å²) in [5.74, 6) is 1.29. The fourth-order valence-electron chi connectivity index (χ4n) is 2.69. The van der Waals surface area contributed by atoms with Crippen molar-refractivity contribution in [3.05, 3.63) is 28.8 Å². The first-order valence-corrected chi connectivity index (χ1v) is 9.03. The van der Waals surface area contributed by atoms with Gasteiger partial charge in [-0.25, -0.2) is 4.79 Å². The molecule has 3 rings (SSSR count). The highest BCUT2D eigenvalue weighted by Crippen LogP contribution is 2.29. The summed E-state index contributed by atoms with van der Waals surface area (Å²) in [6.45, 7) is 6.85. The van der Waals surface area contributed by atoms with Crippen LogP contribution in [0.1, 0.15) is 45.4 Å². The number of ether oxygens (including phenoxy) is 1. The molecule has 1 aliphatic heterocycles.